The van der Waals surface area contributed by atoms with Gasteiger partial charge in [0.1, 0.15) is 0 Å². The molecule has 92 valence electrons. The largest absolute Gasteiger partial charge is 0.459 e. The van der Waals surface area contributed by atoms with Crippen molar-refractivity contribution in [3.63, 3.8) is 0 Å². The van der Waals surface area contributed by atoms with E-state index < -0.39 is 10.9 Å². The second kappa shape index (κ2) is 5.77. The average molecular weight is 302 g/mol. The molecule has 0 radical (unpaired) electrons. The molecule has 0 N–H and O–H groups in total. The Morgan fingerprint density at radius 3 is 2.76 bits per heavy atom. The number of rotatable bonds is 4. The monoisotopic (exact) mass is 301 g/mol. The number of hydrogen-bond acceptors (Lipinski definition) is 4. The van der Waals surface area contributed by atoms with Crippen molar-refractivity contribution in [2.24, 2.45) is 0 Å². The maximum absolute atomic E-state index is 11.6. The van der Waals surface area contributed by atoms with Crippen LogP contribution in [0.4, 0.5) is 5.69 Å². The molecule has 0 aliphatic heterocycles. The van der Waals surface area contributed by atoms with Gasteiger partial charge >= 0.3 is 5.97 Å². The Hall–Kier alpha value is -1.43. The summed E-state index contributed by atoms with van der Waals surface area (Å²) in [5, 5.41) is 10.7. The highest BCUT2D eigenvalue weighted by atomic mass is 79.9. The van der Waals surface area contributed by atoms with Gasteiger partial charge in [-0.2, -0.15) is 0 Å². The molecule has 0 aliphatic rings. The Kier molecular flexibility index (Phi) is 4.62. The van der Waals surface area contributed by atoms with Crippen molar-refractivity contribution in [1.82, 2.24) is 0 Å². The zero-order valence-corrected chi connectivity index (χ0v) is 11.1. The first-order valence-electron chi connectivity index (χ1n) is 5.10. The van der Waals surface area contributed by atoms with E-state index >= 15 is 0 Å². The summed E-state index contributed by atoms with van der Waals surface area (Å²) in [6, 6.07) is 4.15. The Morgan fingerprint density at radius 2 is 2.24 bits per heavy atom. The van der Waals surface area contributed by atoms with Crippen LogP contribution in [0.1, 0.15) is 30.6 Å². The number of halogens is 1. The van der Waals surface area contributed by atoms with E-state index in [0.29, 0.717) is 10.9 Å². The minimum atomic E-state index is -0.551. The first-order valence-corrected chi connectivity index (χ1v) is 5.90. The Balaban J connectivity index is 2.96. The van der Waals surface area contributed by atoms with Crippen LogP contribution in [0.3, 0.4) is 0 Å². The van der Waals surface area contributed by atoms with Gasteiger partial charge in [-0.25, -0.2) is 4.79 Å². The fourth-order valence-electron chi connectivity index (χ4n) is 1.11. The highest BCUT2D eigenvalue weighted by Gasteiger charge is 2.17. The molecule has 0 aromatic heterocycles. The minimum absolute atomic E-state index is 0.149. The summed E-state index contributed by atoms with van der Waals surface area (Å²) in [5.74, 6) is -0.546. The number of benzene rings is 1. The molecule has 0 amide bonds. The second-order valence-corrected chi connectivity index (χ2v) is 4.40. The molecule has 6 heteroatoms. The summed E-state index contributed by atoms with van der Waals surface area (Å²) in [7, 11) is 0. The van der Waals surface area contributed by atoms with Crippen molar-refractivity contribution in [2.75, 3.05) is 0 Å². The quantitative estimate of drug-likeness (QED) is 0.486. The van der Waals surface area contributed by atoms with Gasteiger partial charge in [0.2, 0.25) is 0 Å². The standard InChI is InChI=1S/C11H12BrNO4/c1-3-7(2)17-11(14)8-4-5-9(12)10(6-8)13(15)16/h4-7H,3H2,1-2H3. The molecule has 0 saturated carbocycles. The number of nitrogens with zero attached hydrogens (tertiary/aromatic N) is 1. The normalized spacial score (nSPS) is 11.9. The zero-order chi connectivity index (χ0) is 13.0. The van der Waals surface area contributed by atoms with Crippen LogP contribution in [0.15, 0.2) is 22.7 Å². The number of carbonyl (C=O) groups is 1. The molecule has 1 aromatic rings. The third-order valence-electron chi connectivity index (χ3n) is 2.26. The van der Waals surface area contributed by atoms with Gasteiger partial charge in [0, 0.05) is 6.07 Å². The molecular weight excluding hydrogens is 290 g/mol. The SMILES string of the molecule is CCC(C)OC(=O)c1ccc(Br)c([N+](=O)[O-])c1. The second-order valence-electron chi connectivity index (χ2n) is 3.55. The average Bonchev–Trinajstić information content (AvgIpc) is 2.28. The van der Waals surface area contributed by atoms with E-state index in [1.807, 2.05) is 6.92 Å². The summed E-state index contributed by atoms with van der Waals surface area (Å²) in [5.41, 5.74) is 0.0313. The minimum Gasteiger partial charge on any atom is -0.459 e. The van der Waals surface area contributed by atoms with Crippen molar-refractivity contribution in [3.05, 3.63) is 38.3 Å². The molecule has 5 nitrogen and oxygen atoms in total. The molecule has 17 heavy (non-hydrogen) atoms. The van der Waals surface area contributed by atoms with E-state index in [1.54, 1.807) is 6.92 Å². The first-order chi connectivity index (χ1) is 7.95. The molecule has 0 aliphatic carbocycles. The summed E-state index contributed by atoms with van der Waals surface area (Å²) in [4.78, 5) is 21.8. The fraction of sp³-hybridized carbons (Fsp3) is 0.364. The number of hydrogen-bond donors (Lipinski definition) is 0. The van der Waals surface area contributed by atoms with E-state index in [4.69, 9.17) is 4.74 Å². The van der Waals surface area contributed by atoms with Gasteiger partial charge in [0.25, 0.3) is 5.69 Å². The highest BCUT2D eigenvalue weighted by molar-refractivity contribution is 9.10. The third-order valence-corrected chi connectivity index (χ3v) is 2.93. The Labute approximate surface area is 107 Å². The predicted octanol–water partition coefficient (Wildman–Crippen LogP) is 3.31. The lowest BCUT2D eigenvalue weighted by molar-refractivity contribution is -0.385. The van der Waals surface area contributed by atoms with Crippen LogP contribution in [0, 0.1) is 10.1 Å². The topological polar surface area (TPSA) is 69.4 Å². The fourth-order valence-corrected chi connectivity index (χ4v) is 1.51. The summed E-state index contributed by atoms with van der Waals surface area (Å²) in [6.07, 6.45) is 0.495. The number of carbonyl (C=O) groups excluding carboxylic acids is 1. The predicted molar refractivity (Wildman–Crippen MR) is 66.0 cm³/mol. The zero-order valence-electron chi connectivity index (χ0n) is 9.47. The Morgan fingerprint density at radius 1 is 1.59 bits per heavy atom. The van der Waals surface area contributed by atoms with Gasteiger partial charge in [0.15, 0.2) is 0 Å². The summed E-state index contributed by atoms with van der Waals surface area (Å²) < 4.78 is 5.42. The molecule has 1 aromatic carbocycles. The van der Waals surface area contributed by atoms with Crippen LogP contribution in [0.25, 0.3) is 0 Å². The van der Waals surface area contributed by atoms with E-state index in [-0.39, 0.29) is 17.4 Å². The molecule has 0 fully saturated rings. The lowest BCUT2D eigenvalue weighted by atomic mass is 10.2. The molecule has 0 saturated heterocycles. The van der Waals surface area contributed by atoms with E-state index in [2.05, 4.69) is 15.9 Å². The van der Waals surface area contributed by atoms with E-state index in [0.717, 1.165) is 0 Å². The van der Waals surface area contributed by atoms with E-state index in [1.165, 1.54) is 18.2 Å². The van der Waals surface area contributed by atoms with Crippen LogP contribution < -0.4 is 0 Å². The number of nitro benzene ring substituents is 1. The lowest BCUT2D eigenvalue weighted by Gasteiger charge is -2.10. The van der Waals surface area contributed by atoms with Crippen molar-refractivity contribution in [2.45, 2.75) is 26.4 Å². The van der Waals surface area contributed by atoms with Gasteiger partial charge in [0.05, 0.1) is 21.1 Å². The van der Waals surface area contributed by atoms with Crippen molar-refractivity contribution < 1.29 is 14.5 Å². The molecule has 1 unspecified atom stereocenters. The van der Waals surface area contributed by atoms with Gasteiger partial charge in [-0.1, -0.05) is 6.92 Å². The van der Waals surface area contributed by atoms with Gasteiger partial charge in [-0.05, 0) is 41.4 Å². The molecule has 1 rings (SSSR count). The van der Waals surface area contributed by atoms with Gasteiger partial charge in [-0.3, -0.25) is 10.1 Å². The molecule has 0 bridgehead atoms. The first kappa shape index (κ1) is 13.6. The van der Waals surface area contributed by atoms with Crippen LogP contribution in [0.5, 0.6) is 0 Å². The highest BCUT2D eigenvalue weighted by Crippen LogP contribution is 2.26. The van der Waals surface area contributed by atoms with Gasteiger partial charge < -0.3 is 4.74 Å². The van der Waals surface area contributed by atoms with Crippen LogP contribution >= 0.6 is 15.9 Å². The third kappa shape index (κ3) is 3.52. The number of nitro groups is 1. The lowest BCUT2D eigenvalue weighted by Crippen LogP contribution is -2.14. The summed E-state index contributed by atoms with van der Waals surface area (Å²) >= 11 is 3.05. The number of ether oxygens (including phenoxy) is 1. The van der Waals surface area contributed by atoms with Crippen molar-refractivity contribution in [1.29, 1.82) is 0 Å². The van der Waals surface area contributed by atoms with Crippen LogP contribution in [0.2, 0.25) is 0 Å². The van der Waals surface area contributed by atoms with E-state index in [9.17, 15) is 14.9 Å². The molecule has 0 spiro atoms. The van der Waals surface area contributed by atoms with Crippen molar-refractivity contribution >= 4 is 27.6 Å². The van der Waals surface area contributed by atoms with Gasteiger partial charge in [-0.15, -0.1) is 0 Å². The molecule has 1 atom stereocenters. The molecule has 0 heterocycles. The summed E-state index contributed by atoms with van der Waals surface area (Å²) in [6.45, 7) is 3.66. The van der Waals surface area contributed by atoms with Crippen molar-refractivity contribution in [3.8, 4) is 0 Å². The smallest absolute Gasteiger partial charge is 0.338 e. The Bertz CT molecular complexity index is 447. The van der Waals surface area contributed by atoms with Crippen LogP contribution in [-0.2, 0) is 4.74 Å². The van der Waals surface area contributed by atoms with Crippen LogP contribution in [-0.4, -0.2) is 17.0 Å². The number of esters is 1. The molecular formula is C11H12BrNO4. The maximum Gasteiger partial charge on any atom is 0.338 e. The maximum atomic E-state index is 11.6.